The summed E-state index contributed by atoms with van der Waals surface area (Å²) in [6, 6.07) is 3.50. The van der Waals surface area contributed by atoms with E-state index in [4.69, 9.17) is 0 Å². The number of hydrogen-bond acceptors (Lipinski definition) is 2. The minimum Gasteiger partial charge on any atom is -0.352 e. The number of amides is 1. The molecule has 5 heteroatoms. The first-order valence-electron chi connectivity index (χ1n) is 9.56. The minimum absolute atomic E-state index is 0.0365. The molecule has 25 heavy (non-hydrogen) atoms. The summed E-state index contributed by atoms with van der Waals surface area (Å²) in [7, 11) is 0. The SMILES string of the molecule is O=C(Cc1ccc(F)cc1F)N[C@H]1CCCN(CC2CCCCC2)C1. The number of benzene rings is 1. The smallest absolute Gasteiger partial charge is 0.224 e. The van der Waals surface area contributed by atoms with Crippen LogP contribution in [0.25, 0.3) is 0 Å². The average molecular weight is 350 g/mol. The van der Waals surface area contributed by atoms with Crippen LogP contribution in [0.5, 0.6) is 0 Å². The first-order chi connectivity index (χ1) is 12.1. The van der Waals surface area contributed by atoms with Gasteiger partial charge in [0.05, 0.1) is 6.42 Å². The van der Waals surface area contributed by atoms with Gasteiger partial charge in [0.1, 0.15) is 11.6 Å². The van der Waals surface area contributed by atoms with E-state index in [1.165, 1.54) is 44.2 Å². The number of rotatable bonds is 5. The van der Waals surface area contributed by atoms with Crippen LogP contribution in [-0.2, 0) is 11.2 Å². The maximum absolute atomic E-state index is 13.7. The van der Waals surface area contributed by atoms with Crippen molar-refractivity contribution in [1.29, 1.82) is 0 Å². The Labute approximate surface area is 148 Å². The molecule has 3 nitrogen and oxygen atoms in total. The van der Waals surface area contributed by atoms with Crippen molar-refractivity contribution in [2.75, 3.05) is 19.6 Å². The van der Waals surface area contributed by atoms with Crippen LogP contribution in [-0.4, -0.2) is 36.5 Å². The molecule has 0 spiro atoms. The highest BCUT2D eigenvalue weighted by Gasteiger charge is 2.24. The predicted molar refractivity (Wildman–Crippen MR) is 94.2 cm³/mol. The zero-order chi connectivity index (χ0) is 17.6. The molecule has 1 aliphatic heterocycles. The summed E-state index contributed by atoms with van der Waals surface area (Å²) in [6.45, 7) is 3.13. The summed E-state index contributed by atoms with van der Waals surface area (Å²) in [6.07, 6.45) is 8.75. The molecule has 1 aromatic carbocycles. The lowest BCUT2D eigenvalue weighted by Gasteiger charge is -2.36. The van der Waals surface area contributed by atoms with E-state index in [-0.39, 0.29) is 23.9 Å². The predicted octanol–water partition coefficient (Wildman–Crippen LogP) is 3.67. The molecule has 1 aromatic rings. The van der Waals surface area contributed by atoms with Gasteiger partial charge in [0.15, 0.2) is 0 Å². The lowest BCUT2D eigenvalue weighted by atomic mass is 9.88. The second-order valence-corrected chi connectivity index (χ2v) is 7.58. The van der Waals surface area contributed by atoms with Crippen molar-refractivity contribution in [3.8, 4) is 0 Å². The normalized spacial score (nSPS) is 22.7. The molecule has 1 heterocycles. The second kappa shape index (κ2) is 8.75. The first kappa shape index (κ1) is 18.3. The summed E-state index contributed by atoms with van der Waals surface area (Å²) in [5, 5.41) is 3.04. The van der Waals surface area contributed by atoms with E-state index >= 15 is 0 Å². The van der Waals surface area contributed by atoms with E-state index in [9.17, 15) is 13.6 Å². The van der Waals surface area contributed by atoms with Crippen molar-refractivity contribution in [2.24, 2.45) is 5.92 Å². The minimum atomic E-state index is -0.655. The molecule has 1 saturated heterocycles. The lowest BCUT2D eigenvalue weighted by Crippen LogP contribution is -2.49. The summed E-state index contributed by atoms with van der Waals surface area (Å²) in [5.41, 5.74) is 0.244. The Morgan fingerprint density at radius 2 is 1.92 bits per heavy atom. The molecule has 1 saturated carbocycles. The van der Waals surface area contributed by atoms with Gasteiger partial charge in [-0.3, -0.25) is 4.79 Å². The van der Waals surface area contributed by atoms with Gasteiger partial charge in [0.25, 0.3) is 0 Å². The van der Waals surface area contributed by atoms with Gasteiger partial charge in [0, 0.05) is 25.2 Å². The Balaban J connectivity index is 1.47. The van der Waals surface area contributed by atoms with Crippen LogP contribution >= 0.6 is 0 Å². The quantitative estimate of drug-likeness (QED) is 0.879. The molecule has 1 atom stereocenters. The molecule has 0 radical (unpaired) electrons. The zero-order valence-corrected chi connectivity index (χ0v) is 14.8. The van der Waals surface area contributed by atoms with Crippen molar-refractivity contribution in [1.82, 2.24) is 10.2 Å². The van der Waals surface area contributed by atoms with Gasteiger partial charge in [-0.25, -0.2) is 8.78 Å². The Morgan fingerprint density at radius 1 is 1.12 bits per heavy atom. The van der Waals surface area contributed by atoms with Crippen LogP contribution in [0.1, 0.15) is 50.5 Å². The summed E-state index contributed by atoms with van der Waals surface area (Å²) in [5.74, 6) is -0.656. The third-order valence-electron chi connectivity index (χ3n) is 5.48. The number of nitrogens with zero attached hydrogens (tertiary/aromatic N) is 1. The van der Waals surface area contributed by atoms with E-state index in [1.807, 2.05) is 0 Å². The maximum Gasteiger partial charge on any atom is 0.224 e. The number of hydrogen-bond donors (Lipinski definition) is 1. The van der Waals surface area contributed by atoms with E-state index in [0.717, 1.165) is 44.5 Å². The number of carbonyl (C=O) groups is 1. The first-order valence-corrected chi connectivity index (χ1v) is 9.56. The third kappa shape index (κ3) is 5.50. The van der Waals surface area contributed by atoms with Crippen molar-refractivity contribution in [3.63, 3.8) is 0 Å². The number of likely N-dealkylation sites (tertiary alicyclic amines) is 1. The highest BCUT2D eigenvalue weighted by molar-refractivity contribution is 5.78. The van der Waals surface area contributed by atoms with E-state index in [2.05, 4.69) is 10.2 Å². The van der Waals surface area contributed by atoms with Crippen molar-refractivity contribution in [2.45, 2.75) is 57.4 Å². The third-order valence-corrected chi connectivity index (χ3v) is 5.48. The Bertz CT molecular complexity index is 587. The fraction of sp³-hybridized carbons (Fsp3) is 0.650. The average Bonchev–Trinajstić information content (AvgIpc) is 2.59. The molecule has 1 aliphatic carbocycles. The van der Waals surface area contributed by atoms with E-state index in [0.29, 0.717) is 0 Å². The molecular formula is C20H28F2N2O. The Morgan fingerprint density at radius 3 is 2.68 bits per heavy atom. The van der Waals surface area contributed by atoms with E-state index in [1.54, 1.807) is 0 Å². The molecular weight excluding hydrogens is 322 g/mol. The summed E-state index contributed by atoms with van der Waals surface area (Å²) in [4.78, 5) is 14.7. The van der Waals surface area contributed by atoms with Crippen LogP contribution in [0.15, 0.2) is 18.2 Å². The molecule has 138 valence electrons. The van der Waals surface area contributed by atoms with Crippen LogP contribution < -0.4 is 5.32 Å². The zero-order valence-electron chi connectivity index (χ0n) is 14.8. The fourth-order valence-corrected chi connectivity index (χ4v) is 4.19. The van der Waals surface area contributed by atoms with Gasteiger partial charge in [-0.1, -0.05) is 25.3 Å². The van der Waals surface area contributed by atoms with Crippen LogP contribution in [0.4, 0.5) is 8.78 Å². The monoisotopic (exact) mass is 350 g/mol. The van der Waals surface area contributed by atoms with Gasteiger partial charge < -0.3 is 10.2 Å². The molecule has 0 bridgehead atoms. The summed E-state index contributed by atoms with van der Waals surface area (Å²) >= 11 is 0. The summed E-state index contributed by atoms with van der Waals surface area (Å²) < 4.78 is 26.6. The molecule has 3 rings (SSSR count). The fourth-order valence-electron chi connectivity index (χ4n) is 4.19. The topological polar surface area (TPSA) is 32.3 Å². The largest absolute Gasteiger partial charge is 0.352 e. The number of halogens is 2. The molecule has 0 aromatic heterocycles. The van der Waals surface area contributed by atoms with Crippen molar-refractivity contribution in [3.05, 3.63) is 35.4 Å². The van der Waals surface area contributed by atoms with Gasteiger partial charge >= 0.3 is 0 Å². The van der Waals surface area contributed by atoms with Gasteiger partial charge in [-0.05, 0) is 49.8 Å². The van der Waals surface area contributed by atoms with Crippen molar-refractivity contribution < 1.29 is 13.6 Å². The number of piperidine rings is 1. The maximum atomic E-state index is 13.7. The number of nitrogens with one attached hydrogen (secondary N) is 1. The Hall–Kier alpha value is -1.49. The van der Waals surface area contributed by atoms with Gasteiger partial charge in [-0.15, -0.1) is 0 Å². The van der Waals surface area contributed by atoms with Crippen LogP contribution in [0.3, 0.4) is 0 Å². The highest BCUT2D eigenvalue weighted by Crippen LogP contribution is 2.25. The van der Waals surface area contributed by atoms with Crippen LogP contribution in [0.2, 0.25) is 0 Å². The molecule has 2 aliphatic rings. The molecule has 0 unspecified atom stereocenters. The van der Waals surface area contributed by atoms with Crippen molar-refractivity contribution >= 4 is 5.91 Å². The van der Waals surface area contributed by atoms with Gasteiger partial charge in [0.2, 0.25) is 5.91 Å². The molecule has 1 N–H and O–H groups in total. The highest BCUT2D eigenvalue weighted by atomic mass is 19.1. The van der Waals surface area contributed by atoms with Gasteiger partial charge in [-0.2, -0.15) is 0 Å². The molecule has 2 fully saturated rings. The molecule has 1 amide bonds. The van der Waals surface area contributed by atoms with E-state index < -0.39 is 11.6 Å². The lowest BCUT2D eigenvalue weighted by molar-refractivity contribution is -0.121. The Kier molecular flexibility index (Phi) is 6.40. The number of carbonyl (C=O) groups excluding carboxylic acids is 1. The van der Waals surface area contributed by atoms with Crippen LogP contribution in [0, 0.1) is 17.6 Å². The second-order valence-electron chi connectivity index (χ2n) is 7.58. The standard InChI is InChI=1S/C20H28F2N2O/c21-17-9-8-16(19(22)12-17)11-20(25)23-18-7-4-10-24(14-18)13-15-5-2-1-3-6-15/h8-9,12,15,18H,1-7,10-11,13-14H2,(H,23,25)/t18-/m0/s1.